The molecule has 7 heteroatoms. The maximum atomic E-state index is 13.0. The van der Waals surface area contributed by atoms with Crippen molar-refractivity contribution in [2.45, 2.75) is 58.7 Å². The normalized spacial score (nSPS) is 12.7. The van der Waals surface area contributed by atoms with Gasteiger partial charge < -0.3 is 15.0 Å². The van der Waals surface area contributed by atoms with Crippen LogP contribution in [0.3, 0.4) is 0 Å². The molecule has 0 radical (unpaired) electrons. The highest BCUT2D eigenvalue weighted by Crippen LogP contribution is 2.18. The first-order valence-electron chi connectivity index (χ1n) is 10.5. The Hall–Kier alpha value is -2.24. The average Bonchev–Trinajstić information content (AvgIpc) is 2.75. The number of hydrogen-bond acceptors (Lipinski definition) is 3. The lowest BCUT2D eigenvalue weighted by atomic mass is 10.1. The molecular formula is C24H30Cl2N2O3. The van der Waals surface area contributed by atoms with Crippen LogP contribution in [0.4, 0.5) is 0 Å². The van der Waals surface area contributed by atoms with E-state index in [0.717, 1.165) is 12.0 Å². The number of benzene rings is 2. The van der Waals surface area contributed by atoms with E-state index in [1.165, 1.54) is 0 Å². The van der Waals surface area contributed by atoms with Gasteiger partial charge in [0.25, 0.3) is 0 Å². The zero-order valence-electron chi connectivity index (χ0n) is 18.2. The highest BCUT2D eigenvalue weighted by atomic mass is 35.5. The molecule has 0 spiro atoms. The van der Waals surface area contributed by atoms with Crippen LogP contribution < -0.4 is 10.1 Å². The molecule has 2 rings (SSSR count). The average molecular weight is 465 g/mol. The van der Waals surface area contributed by atoms with Crippen LogP contribution in [-0.4, -0.2) is 35.4 Å². The van der Waals surface area contributed by atoms with Crippen molar-refractivity contribution in [1.82, 2.24) is 10.2 Å². The van der Waals surface area contributed by atoms with Crippen LogP contribution in [0.25, 0.3) is 0 Å². The lowest BCUT2D eigenvalue weighted by Gasteiger charge is -2.30. The Bertz CT molecular complexity index is 858. The van der Waals surface area contributed by atoms with Gasteiger partial charge in [-0.25, -0.2) is 0 Å². The molecule has 31 heavy (non-hydrogen) atoms. The molecular weight excluding hydrogens is 435 g/mol. The summed E-state index contributed by atoms with van der Waals surface area (Å²) in [6.07, 6.45) is 1.63. The summed E-state index contributed by atoms with van der Waals surface area (Å²) in [7, 11) is 0. The molecule has 2 aromatic carbocycles. The fourth-order valence-electron chi connectivity index (χ4n) is 2.97. The molecule has 0 saturated heterocycles. The predicted molar refractivity (Wildman–Crippen MR) is 126 cm³/mol. The largest absolute Gasteiger partial charge is 0.494 e. The minimum atomic E-state index is -0.599. The monoisotopic (exact) mass is 464 g/mol. The first kappa shape index (κ1) is 25.0. The Morgan fingerprint density at radius 3 is 2.42 bits per heavy atom. The number of ether oxygens (including phenoxy) is 1. The second kappa shape index (κ2) is 12.6. The molecule has 1 N–H and O–H groups in total. The van der Waals surface area contributed by atoms with Gasteiger partial charge in [-0.2, -0.15) is 0 Å². The van der Waals surface area contributed by atoms with Gasteiger partial charge in [0, 0.05) is 29.1 Å². The molecule has 0 aliphatic carbocycles. The van der Waals surface area contributed by atoms with Crippen LogP contribution in [0.5, 0.6) is 5.75 Å². The number of carbonyl (C=O) groups excluding carboxylic acids is 2. The van der Waals surface area contributed by atoms with Crippen LogP contribution in [0.15, 0.2) is 48.5 Å². The van der Waals surface area contributed by atoms with E-state index in [1.807, 2.05) is 32.0 Å². The quantitative estimate of drug-likeness (QED) is 0.447. The van der Waals surface area contributed by atoms with Crippen molar-refractivity contribution in [2.75, 3.05) is 6.61 Å². The maximum Gasteiger partial charge on any atom is 0.242 e. The zero-order valence-corrected chi connectivity index (χ0v) is 19.7. The molecule has 0 saturated carbocycles. The minimum absolute atomic E-state index is 0.0471. The van der Waals surface area contributed by atoms with Gasteiger partial charge in [0.05, 0.1) is 6.61 Å². The molecule has 0 aliphatic rings. The first-order valence-corrected chi connectivity index (χ1v) is 11.3. The molecule has 0 bridgehead atoms. The smallest absolute Gasteiger partial charge is 0.242 e. The van der Waals surface area contributed by atoms with E-state index >= 15 is 0 Å². The second-order valence-corrected chi connectivity index (χ2v) is 8.42. The maximum absolute atomic E-state index is 13.0. The van der Waals surface area contributed by atoms with Crippen molar-refractivity contribution in [3.05, 3.63) is 64.1 Å². The zero-order chi connectivity index (χ0) is 22.8. The Kier molecular flexibility index (Phi) is 10.2. The van der Waals surface area contributed by atoms with E-state index in [4.69, 9.17) is 27.9 Å². The third-order valence-corrected chi connectivity index (χ3v) is 5.51. The van der Waals surface area contributed by atoms with E-state index in [-0.39, 0.29) is 24.3 Å². The SMILES string of the molecule is CCC(C)NC(=O)C(C)N(Cc1cccc(Cl)c1)C(=O)CCCOc1ccc(Cl)cc1. The van der Waals surface area contributed by atoms with Crippen molar-refractivity contribution >= 4 is 35.0 Å². The fraction of sp³-hybridized carbons (Fsp3) is 0.417. The highest BCUT2D eigenvalue weighted by molar-refractivity contribution is 6.30. The molecule has 2 unspecified atom stereocenters. The summed E-state index contributed by atoms with van der Waals surface area (Å²) >= 11 is 12.0. The van der Waals surface area contributed by atoms with Crippen molar-refractivity contribution in [2.24, 2.45) is 0 Å². The van der Waals surface area contributed by atoms with E-state index in [2.05, 4.69) is 5.32 Å². The van der Waals surface area contributed by atoms with Gasteiger partial charge in [-0.15, -0.1) is 0 Å². The number of rotatable bonds is 11. The Morgan fingerprint density at radius 1 is 1.06 bits per heavy atom. The van der Waals surface area contributed by atoms with Gasteiger partial charge in [-0.1, -0.05) is 42.3 Å². The van der Waals surface area contributed by atoms with Gasteiger partial charge in [-0.05, 0) is 68.7 Å². The van der Waals surface area contributed by atoms with Crippen LogP contribution in [0.1, 0.15) is 45.6 Å². The van der Waals surface area contributed by atoms with Crippen LogP contribution in [0, 0.1) is 0 Å². The summed E-state index contributed by atoms with van der Waals surface area (Å²) in [5.41, 5.74) is 0.876. The van der Waals surface area contributed by atoms with Crippen molar-refractivity contribution < 1.29 is 14.3 Å². The van der Waals surface area contributed by atoms with E-state index < -0.39 is 6.04 Å². The minimum Gasteiger partial charge on any atom is -0.494 e. The molecule has 0 heterocycles. The summed E-state index contributed by atoms with van der Waals surface area (Å²) in [4.78, 5) is 27.3. The topological polar surface area (TPSA) is 58.6 Å². The van der Waals surface area contributed by atoms with Crippen LogP contribution in [-0.2, 0) is 16.1 Å². The number of hydrogen-bond donors (Lipinski definition) is 1. The first-order chi connectivity index (χ1) is 14.8. The van der Waals surface area contributed by atoms with Crippen LogP contribution in [0.2, 0.25) is 10.0 Å². The van der Waals surface area contributed by atoms with Gasteiger partial charge in [0.1, 0.15) is 11.8 Å². The lowest BCUT2D eigenvalue weighted by Crippen LogP contribution is -2.49. The number of amides is 2. The third kappa shape index (κ3) is 8.42. The van der Waals surface area contributed by atoms with E-state index in [9.17, 15) is 9.59 Å². The van der Waals surface area contributed by atoms with E-state index in [0.29, 0.717) is 35.4 Å². The molecule has 2 aromatic rings. The molecule has 0 aliphatic heterocycles. The lowest BCUT2D eigenvalue weighted by molar-refractivity contribution is -0.141. The Labute approximate surface area is 194 Å². The van der Waals surface area contributed by atoms with Gasteiger partial charge in [0.2, 0.25) is 11.8 Å². The number of halogens is 2. The third-order valence-electron chi connectivity index (χ3n) is 5.03. The Balaban J connectivity index is 2.00. The summed E-state index contributed by atoms with van der Waals surface area (Å²) in [5, 5.41) is 4.20. The summed E-state index contributed by atoms with van der Waals surface area (Å²) in [6, 6.07) is 13.9. The summed E-state index contributed by atoms with van der Waals surface area (Å²) < 4.78 is 5.67. The molecule has 0 aromatic heterocycles. The predicted octanol–water partition coefficient (Wildman–Crippen LogP) is 5.48. The second-order valence-electron chi connectivity index (χ2n) is 7.55. The standard InChI is InChI=1S/C24H30Cl2N2O3/c1-4-17(2)27-24(30)18(3)28(16-19-7-5-8-21(26)15-19)23(29)9-6-14-31-22-12-10-20(25)11-13-22/h5,7-8,10-13,15,17-18H,4,6,9,14,16H2,1-3H3,(H,27,30). The van der Waals surface area contributed by atoms with Crippen molar-refractivity contribution in [3.8, 4) is 5.75 Å². The molecule has 0 fully saturated rings. The van der Waals surface area contributed by atoms with Gasteiger partial charge in [0.15, 0.2) is 0 Å². The highest BCUT2D eigenvalue weighted by Gasteiger charge is 2.26. The van der Waals surface area contributed by atoms with Gasteiger partial charge in [-0.3, -0.25) is 9.59 Å². The number of nitrogens with one attached hydrogen (secondary N) is 1. The molecule has 5 nitrogen and oxygen atoms in total. The molecule has 168 valence electrons. The Morgan fingerprint density at radius 2 is 1.77 bits per heavy atom. The summed E-state index contributed by atoms with van der Waals surface area (Å²) in [6.45, 7) is 6.41. The summed E-state index contributed by atoms with van der Waals surface area (Å²) in [5.74, 6) is 0.433. The molecule has 2 amide bonds. The number of nitrogens with zero attached hydrogens (tertiary/aromatic N) is 1. The van der Waals surface area contributed by atoms with Crippen LogP contribution >= 0.6 is 23.2 Å². The van der Waals surface area contributed by atoms with E-state index in [1.54, 1.807) is 42.2 Å². The van der Waals surface area contributed by atoms with Crippen molar-refractivity contribution in [1.29, 1.82) is 0 Å². The number of carbonyl (C=O) groups is 2. The molecule has 2 atom stereocenters. The fourth-order valence-corrected chi connectivity index (χ4v) is 3.31. The van der Waals surface area contributed by atoms with Gasteiger partial charge >= 0.3 is 0 Å². The van der Waals surface area contributed by atoms with Crippen molar-refractivity contribution in [3.63, 3.8) is 0 Å².